The molecular formula is C24H24Cl2N4O2S. The Morgan fingerprint density at radius 2 is 2.03 bits per heavy atom. The molecule has 0 unspecified atom stereocenters. The van der Waals surface area contributed by atoms with Gasteiger partial charge in [0.15, 0.2) is 0 Å². The molecule has 0 saturated carbocycles. The number of hydrogen-bond donors (Lipinski definition) is 0. The first-order valence-electron chi connectivity index (χ1n) is 10.7. The summed E-state index contributed by atoms with van der Waals surface area (Å²) in [6.07, 6.45) is 2.31. The first kappa shape index (κ1) is 23.8. The third-order valence-corrected chi connectivity index (χ3v) is 7.23. The summed E-state index contributed by atoms with van der Waals surface area (Å²) < 4.78 is -0.551. The van der Waals surface area contributed by atoms with Crippen LogP contribution in [0.2, 0.25) is 10.0 Å². The number of aryl methyl sites for hydroxylation is 1. The van der Waals surface area contributed by atoms with Gasteiger partial charge in [0.05, 0.1) is 15.5 Å². The number of aliphatic imine (C=N–C) groups is 1. The van der Waals surface area contributed by atoms with E-state index in [-0.39, 0.29) is 5.24 Å². The lowest BCUT2D eigenvalue weighted by Crippen LogP contribution is -2.41. The average Bonchev–Trinajstić information content (AvgIpc) is 2.77. The summed E-state index contributed by atoms with van der Waals surface area (Å²) in [6.45, 7) is 7.32. The maximum Gasteiger partial charge on any atom is 0.309 e. The van der Waals surface area contributed by atoms with E-state index < -0.39 is 4.75 Å². The van der Waals surface area contributed by atoms with Crippen LogP contribution >= 0.6 is 35.0 Å². The second kappa shape index (κ2) is 9.49. The SMILES string of the molecule is CCN=C(c1ccc(Cl)cc1Cl)N1CCCc2cc(C3=NN(C=O)C(=O)SC3(C)C)ccc21. The number of rotatable bonds is 4. The van der Waals surface area contributed by atoms with Gasteiger partial charge in [0.25, 0.3) is 0 Å². The van der Waals surface area contributed by atoms with E-state index in [0.29, 0.717) is 28.7 Å². The minimum Gasteiger partial charge on any atom is -0.326 e. The zero-order valence-electron chi connectivity index (χ0n) is 18.6. The highest BCUT2D eigenvalue weighted by Gasteiger charge is 2.38. The van der Waals surface area contributed by atoms with Gasteiger partial charge in [-0.05, 0) is 86.8 Å². The number of thioether (sulfide) groups is 1. The number of amidine groups is 1. The lowest BCUT2D eigenvalue weighted by Gasteiger charge is -2.35. The molecule has 0 bridgehead atoms. The molecule has 2 aromatic rings. The van der Waals surface area contributed by atoms with Crippen LogP contribution in [0, 0.1) is 0 Å². The molecule has 2 aliphatic rings. The highest BCUT2D eigenvalue weighted by molar-refractivity contribution is 8.15. The number of imide groups is 1. The molecule has 2 amide bonds. The number of nitrogens with zero attached hydrogens (tertiary/aromatic N) is 4. The number of carbonyl (C=O) groups is 2. The van der Waals surface area contributed by atoms with Crippen molar-refractivity contribution in [3.8, 4) is 0 Å². The van der Waals surface area contributed by atoms with E-state index in [0.717, 1.165) is 64.4 Å². The highest BCUT2D eigenvalue weighted by Crippen LogP contribution is 2.38. The van der Waals surface area contributed by atoms with Crippen LogP contribution in [0.1, 0.15) is 43.9 Å². The van der Waals surface area contributed by atoms with Gasteiger partial charge in [-0.25, -0.2) is 0 Å². The van der Waals surface area contributed by atoms with E-state index >= 15 is 0 Å². The fourth-order valence-corrected chi connectivity index (χ4v) is 5.52. The lowest BCUT2D eigenvalue weighted by atomic mass is 9.93. The maximum absolute atomic E-state index is 12.1. The van der Waals surface area contributed by atoms with Gasteiger partial charge in [-0.15, -0.1) is 0 Å². The molecule has 0 aromatic heterocycles. The second-order valence-electron chi connectivity index (χ2n) is 8.30. The Hall–Kier alpha value is -2.35. The van der Waals surface area contributed by atoms with Crippen molar-refractivity contribution < 1.29 is 9.59 Å². The smallest absolute Gasteiger partial charge is 0.309 e. The zero-order chi connectivity index (χ0) is 23.8. The molecule has 2 aliphatic heterocycles. The van der Waals surface area contributed by atoms with Crippen molar-refractivity contribution in [2.45, 2.75) is 38.4 Å². The molecule has 2 heterocycles. The van der Waals surface area contributed by atoms with E-state index in [9.17, 15) is 9.59 Å². The van der Waals surface area contributed by atoms with Crippen molar-refractivity contribution >= 4 is 63.8 Å². The summed E-state index contributed by atoms with van der Waals surface area (Å²) in [5, 5.41) is 5.99. The number of hydrogen-bond acceptors (Lipinski definition) is 5. The molecule has 0 radical (unpaired) electrons. The minimum atomic E-state index is -0.551. The van der Waals surface area contributed by atoms with Gasteiger partial charge in [0.2, 0.25) is 6.41 Å². The van der Waals surface area contributed by atoms with E-state index in [1.54, 1.807) is 6.07 Å². The molecule has 172 valence electrons. The Labute approximate surface area is 207 Å². The van der Waals surface area contributed by atoms with Gasteiger partial charge in [0.1, 0.15) is 5.84 Å². The van der Waals surface area contributed by atoms with Crippen molar-refractivity contribution in [3.05, 3.63) is 63.1 Å². The predicted octanol–water partition coefficient (Wildman–Crippen LogP) is 6.02. The molecule has 0 aliphatic carbocycles. The summed E-state index contributed by atoms with van der Waals surface area (Å²) in [6, 6.07) is 11.6. The van der Waals surface area contributed by atoms with E-state index in [2.05, 4.69) is 22.1 Å². The number of hydrazone groups is 1. The van der Waals surface area contributed by atoms with Crippen molar-refractivity contribution in [1.82, 2.24) is 5.01 Å². The molecule has 6 nitrogen and oxygen atoms in total. The molecule has 2 aromatic carbocycles. The van der Waals surface area contributed by atoms with Crippen LogP contribution in [0.3, 0.4) is 0 Å². The molecule has 0 fully saturated rings. The Bertz CT molecular complexity index is 1180. The topological polar surface area (TPSA) is 65.3 Å². The molecule has 0 atom stereocenters. The van der Waals surface area contributed by atoms with Gasteiger partial charge in [-0.2, -0.15) is 10.1 Å². The Balaban J connectivity index is 1.76. The Kier molecular flexibility index (Phi) is 6.84. The van der Waals surface area contributed by atoms with E-state index in [1.165, 1.54) is 0 Å². The van der Waals surface area contributed by atoms with Crippen LogP contribution in [0.15, 0.2) is 46.5 Å². The normalized spacial score (nSPS) is 18.2. The first-order valence-corrected chi connectivity index (χ1v) is 12.3. The fraction of sp³-hybridized carbons (Fsp3) is 0.333. The minimum absolute atomic E-state index is 0.372. The lowest BCUT2D eigenvalue weighted by molar-refractivity contribution is -0.115. The van der Waals surface area contributed by atoms with E-state index in [1.807, 2.05) is 39.0 Å². The van der Waals surface area contributed by atoms with Gasteiger partial charge in [0, 0.05) is 29.4 Å². The first-order chi connectivity index (χ1) is 15.7. The van der Waals surface area contributed by atoms with Gasteiger partial charge in [-0.1, -0.05) is 29.3 Å². The standard InChI is InChI=1S/C24H24Cl2N4O2S/c1-4-27-22(18-9-8-17(25)13-19(18)26)29-11-5-6-15-12-16(7-10-20(15)29)21-24(2,3)33-23(32)30(14-31)28-21/h7-10,12-14H,4-6,11H2,1-3H3. The fourth-order valence-electron chi connectivity index (χ4n) is 4.16. The number of halogens is 2. The molecule has 4 rings (SSSR count). The third-order valence-electron chi connectivity index (χ3n) is 5.61. The number of carbonyl (C=O) groups excluding carboxylic acids is 2. The van der Waals surface area contributed by atoms with Crippen molar-refractivity contribution in [1.29, 1.82) is 0 Å². The van der Waals surface area contributed by atoms with Crippen LogP contribution in [-0.2, 0) is 11.2 Å². The largest absolute Gasteiger partial charge is 0.326 e. The number of benzene rings is 2. The van der Waals surface area contributed by atoms with Crippen LogP contribution < -0.4 is 4.90 Å². The van der Waals surface area contributed by atoms with Crippen molar-refractivity contribution in [2.24, 2.45) is 10.1 Å². The summed E-state index contributed by atoms with van der Waals surface area (Å²) >= 11 is 13.7. The number of anilines is 1. The number of amides is 2. The van der Waals surface area contributed by atoms with Gasteiger partial charge < -0.3 is 4.90 Å². The highest BCUT2D eigenvalue weighted by atomic mass is 35.5. The second-order valence-corrected chi connectivity index (χ2v) is 10.7. The molecule has 0 spiro atoms. The average molecular weight is 503 g/mol. The molecular weight excluding hydrogens is 479 g/mol. The quantitative estimate of drug-likeness (QED) is 0.291. The van der Waals surface area contributed by atoms with Gasteiger partial charge in [-0.3, -0.25) is 14.6 Å². The number of fused-ring (bicyclic) bond motifs is 1. The molecule has 0 N–H and O–H groups in total. The van der Waals surface area contributed by atoms with Gasteiger partial charge >= 0.3 is 5.24 Å². The molecule has 0 saturated heterocycles. The predicted molar refractivity (Wildman–Crippen MR) is 137 cm³/mol. The van der Waals surface area contributed by atoms with Crippen LogP contribution in [-0.4, -0.2) is 46.0 Å². The monoisotopic (exact) mass is 502 g/mol. The zero-order valence-corrected chi connectivity index (χ0v) is 21.0. The molecule has 9 heteroatoms. The van der Waals surface area contributed by atoms with Crippen LogP contribution in [0.4, 0.5) is 10.5 Å². The Morgan fingerprint density at radius 1 is 1.24 bits per heavy atom. The summed E-state index contributed by atoms with van der Waals surface area (Å²) in [4.78, 5) is 30.4. The van der Waals surface area contributed by atoms with Crippen molar-refractivity contribution in [2.75, 3.05) is 18.0 Å². The summed E-state index contributed by atoms with van der Waals surface area (Å²) in [5.74, 6) is 0.816. The summed E-state index contributed by atoms with van der Waals surface area (Å²) in [5.41, 5.74) is 4.65. The van der Waals surface area contributed by atoms with E-state index in [4.69, 9.17) is 28.2 Å². The molecule has 33 heavy (non-hydrogen) atoms. The van der Waals surface area contributed by atoms with Crippen molar-refractivity contribution in [3.63, 3.8) is 0 Å². The third kappa shape index (κ3) is 4.67. The summed E-state index contributed by atoms with van der Waals surface area (Å²) in [7, 11) is 0. The van der Waals surface area contributed by atoms with Crippen LogP contribution in [0.5, 0.6) is 0 Å². The Morgan fingerprint density at radius 3 is 2.73 bits per heavy atom. The van der Waals surface area contributed by atoms with Crippen LogP contribution in [0.25, 0.3) is 0 Å². The maximum atomic E-state index is 12.1.